The Morgan fingerprint density at radius 3 is 2.04 bits per heavy atom. The number of hydrogen-bond donors (Lipinski definition) is 1. The van der Waals surface area contributed by atoms with Crippen molar-refractivity contribution in [2.24, 2.45) is 5.92 Å². The Labute approximate surface area is 142 Å². The van der Waals surface area contributed by atoms with Gasteiger partial charge in [0.05, 0.1) is 16.6 Å². The minimum Gasteiger partial charge on any atom is -0.399 e. The van der Waals surface area contributed by atoms with Gasteiger partial charge in [-0.05, 0) is 51.6 Å². The Morgan fingerprint density at radius 1 is 1.00 bits per heavy atom. The second kappa shape index (κ2) is 4.70. The Bertz CT molecular complexity index is 703. The van der Waals surface area contributed by atoms with Crippen molar-refractivity contribution in [1.82, 2.24) is 5.32 Å². The summed E-state index contributed by atoms with van der Waals surface area (Å²) in [6.07, 6.45) is 1.24. The standard InChI is InChI=1S/C18H22BNO4/c1-16(2)17(3,4)24-19(23-16)13-7-5-12(6-8-13)18-9-11(10-18)14(21)20-15(18)22/h5-8,11H,9-10H2,1-4H3,(H,20,21,22). The molecule has 4 aliphatic rings. The van der Waals surface area contributed by atoms with Gasteiger partial charge in [-0.2, -0.15) is 0 Å². The molecule has 126 valence electrons. The lowest BCUT2D eigenvalue weighted by atomic mass is 9.55. The van der Waals surface area contributed by atoms with Crippen LogP contribution in [-0.4, -0.2) is 30.1 Å². The van der Waals surface area contributed by atoms with Crippen LogP contribution in [0.1, 0.15) is 46.1 Å². The first-order chi connectivity index (χ1) is 11.1. The predicted octanol–water partition coefficient (Wildman–Crippen LogP) is 1.29. The molecule has 2 amide bonds. The zero-order valence-corrected chi connectivity index (χ0v) is 14.5. The molecule has 3 aliphatic heterocycles. The van der Waals surface area contributed by atoms with Gasteiger partial charge in [0.15, 0.2) is 0 Å². The van der Waals surface area contributed by atoms with Crippen molar-refractivity contribution in [1.29, 1.82) is 0 Å². The minimum atomic E-state index is -0.535. The maximum Gasteiger partial charge on any atom is 0.494 e. The zero-order valence-electron chi connectivity index (χ0n) is 14.5. The molecule has 4 fully saturated rings. The maximum atomic E-state index is 12.3. The molecule has 2 bridgehead atoms. The first kappa shape index (κ1) is 15.8. The lowest BCUT2D eigenvalue weighted by Gasteiger charge is -2.49. The highest BCUT2D eigenvalue weighted by atomic mass is 16.7. The molecule has 1 saturated carbocycles. The zero-order chi connectivity index (χ0) is 17.3. The monoisotopic (exact) mass is 327 g/mol. The number of imide groups is 1. The number of amides is 2. The fourth-order valence-corrected chi connectivity index (χ4v) is 3.79. The van der Waals surface area contributed by atoms with E-state index in [9.17, 15) is 9.59 Å². The van der Waals surface area contributed by atoms with E-state index in [0.29, 0.717) is 12.8 Å². The Hall–Kier alpha value is -1.66. The van der Waals surface area contributed by atoms with E-state index in [0.717, 1.165) is 11.0 Å². The first-order valence-electron chi connectivity index (χ1n) is 8.46. The van der Waals surface area contributed by atoms with Crippen LogP contribution in [0.25, 0.3) is 0 Å². The molecule has 5 rings (SSSR count). The summed E-state index contributed by atoms with van der Waals surface area (Å²) in [5, 5.41) is 2.48. The maximum absolute atomic E-state index is 12.3. The topological polar surface area (TPSA) is 64.6 Å². The fourth-order valence-electron chi connectivity index (χ4n) is 3.79. The van der Waals surface area contributed by atoms with Crippen molar-refractivity contribution in [3.63, 3.8) is 0 Å². The summed E-state index contributed by atoms with van der Waals surface area (Å²) < 4.78 is 12.1. The molecule has 0 unspecified atom stereocenters. The second-order valence-electron chi connectivity index (χ2n) is 8.22. The average Bonchev–Trinajstić information content (AvgIpc) is 2.66. The van der Waals surface area contributed by atoms with Crippen LogP contribution >= 0.6 is 0 Å². The average molecular weight is 327 g/mol. The number of hydrogen-bond acceptors (Lipinski definition) is 4. The van der Waals surface area contributed by atoms with E-state index in [4.69, 9.17) is 9.31 Å². The van der Waals surface area contributed by atoms with E-state index in [1.165, 1.54) is 0 Å². The third-order valence-corrected chi connectivity index (χ3v) is 6.22. The normalized spacial score (nSPS) is 33.2. The number of carbonyl (C=O) groups excluding carboxylic acids is 2. The molecule has 1 aromatic carbocycles. The molecule has 1 aromatic rings. The summed E-state index contributed by atoms with van der Waals surface area (Å²) in [4.78, 5) is 23.9. The first-order valence-corrected chi connectivity index (χ1v) is 8.46. The van der Waals surface area contributed by atoms with Gasteiger partial charge in [0.2, 0.25) is 11.8 Å². The van der Waals surface area contributed by atoms with E-state index >= 15 is 0 Å². The van der Waals surface area contributed by atoms with Gasteiger partial charge in [-0.25, -0.2) is 0 Å². The SMILES string of the molecule is CC1(C)OB(c2ccc(C34CC(C3)C(=O)NC4=O)cc2)OC1(C)C. The lowest BCUT2D eigenvalue weighted by molar-refractivity contribution is -0.151. The molecule has 0 aromatic heterocycles. The van der Waals surface area contributed by atoms with Gasteiger partial charge in [0.1, 0.15) is 0 Å². The number of piperidine rings is 2. The molecular formula is C18H22BNO4. The van der Waals surface area contributed by atoms with Crippen molar-refractivity contribution < 1.29 is 18.9 Å². The van der Waals surface area contributed by atoms with Crippen LogP contribution in [0.3, 0.4) is 0 Å². The van der Waals surface area contributed by atoms with Crippen molar-refractivity contribution >= 4 is 24.4 Å². The Balaban J connectivity index is 1.57. The van der Waals surface area contributed by atoms with Crippen LogP contribution in [0.15, 0.2) is 24.3 Å². The fraction of sp³-hybridized carbons (Fsp3) is 0.556. The minimum absolute atomic E-state index is 0.0227. The van der Waals surface area contributed by atoms with Gasteiger partial charge in [0.25, 0.3) is 0 Å². The summed E-state index contributed by atoms with van der Waals surface area (Å²) >= 11 is 0. The van der Waals surface area contributed by atoms with E-state index in [1.54, 1.807) is 0 Å². The molecule has 6 heteroatoms. The summed E-state index contributed by atoms with van der Waals surface area (Å²) in [7, 11) is -0.405. The molecule has 5 nitrogen and oxygen atoms in total. The summed E-state index contributed by atoms with van der Waals surface area (Å²) in [6.45, 7) is 8.10. The molecule has 0 atom stereocenters. The highest BCUT2D eigenvalue weighted by molar-refractivity contribution is 6.62. The van der Waals surface area contributed by atoms with Crippen molar-refractivity contribution in [2.45, 2.75) is 57.2 Å². The van der Waals surface area contributed by atoms with E-state index in [-0.39, 0.29) is 28.9 Å². The van der Waals surface area contributed by atoms with E-state index in [2.05, 4.69) is 5.32 Å². The van der Waals surface area contributed by atoms with Gasteiger partial charge in [-0.3, -0.25) is 14.9 Å². The van der Waals surface area contributed by atoms with Crippen molar-refractivity contribution in [2.75, 3.05) is 0 Å². The number of nitrogens with one attached hydrogen (secondary N) is 1. The van der Waals surface area contributed by atoms with Crippen LogP contribution in [0.5, 0.6) is 0 Å². The molecule has 0 spiro atoms. The number of carbonyl (C=O) groups is 2. The molecule has 1 aliphatic carbocycles. The smallest absolute Gasteiger partial charge is 0.399 e. The van der Waals surface area contributed by atoms with Crippen LogP contribution < -0.4 is 10.8 Å². The third-order valence-electron chi connectivity index (χ3n) is 6.22. The highest BCUT2D eigenvalue weighted by Gasteiger charge is 2.58. The van der Waals surface area contributed by atoms with Crippen LogP contribution in [0.2, 0.25) is 0 Å². The molecule has 3 saturated heterocycles. The van der Waals surface area contributed by atoms with Crippen LogP contribution in [0.4, 0.5) is 0 Å². The van der Waals surface area contributed by atoms with Crippen molar-refractivity contribution in [3.8, 4) is 0 Å². The lowest BCUT2D eigenvalue weighted by Crippen LogP contribution is -2.64. The molecule has 24 heavy (non-hydrogen) atoms. The predicted molar refractivity (Wildman–Crippen MR) is 89.7 cm³/mol. The number of fused-ring (bicyclic) bond motifs is 2. The largest absolute Gasteiger partial charge is 0.494 e. The Morgan fingerprint density at radius 2 is 1.54 bits per heavy atom. The summed E-state index contributed by atoms with van der Waals surface area (Å²) in [5.74, 6) is -0.320. The quantitative estimate of drug-likeness (QED) is 0.657. The van der Waals surface area contributed by atoms with E-state index in [1.807, 2.05) is 52.0 Å². The van der Waals surface area contributed by atoms with E-state index < -0.39 is 12.5 Å². The number of rotatable bonds is 2. The summed E-state index contributed by atoms with van der Waals surface area (Å²) in [5.41, 5.74) is 0.619. The van der Waals surface area contributed by atoms with Gasteiger partial charge in [0, 0.05) is 5.92 Å². The molecule has 3 heterocycles. The van der Waals surface area contributed by atoms with Crippen LogP contribution in [0, 0.1) is 5.92 Å². The van der Waals surface area contributed by atoms with Gasteiger partial charge >= 0.3 is 7.12 Å². The molecular weight excluding hydrogens is 305 g/mol. The Kier molecular flexibility index (Phi) is 3.11. The highest BCUT2D eigenvalue weighted by Crippen LogP contribution is 2.50. The number of benzene rings is 1. The van der Waals surface area contributed by atoms with Crippen molar-refractivity contribution in [3.05, 3.63) is 29.8 Å². The second-order valence-corrected chi connectivity index (χ2v) is 8.22. The van der Waals surface area contributed by atoms with Gasteiger partial charge in [-0.15, -0.1) is 0 Å². The molecule has 0 radical (unpaired) electrons. The van der Waals surface area contributed by atoms with Gasteiger partial charge in [-0.1, -0.05) is 24.3 Å². The van der Waals surface area contributed by atoms with Gasteiger partial charge < -0.3 is 9.31 Å². The molecule has 1 N–H and O–H groups in total. The van der Waals surface area contributed by atoms with Crippen LogP contribution in [-0.2, 0) is 24.3 Å². The third kappa shape index (κ3) is 2.02. The summed E-state index contributed by atoms with van der Waals surface area (Å²) in [6, 6.07) is 7.85.